The summed E-state index contributed by atoms with van der Waals surface area (Å²) in [5, 5.41) is 2.58. The zero-order valence-corrected chi connectivity index (χ0v) is 12.1. The number of likely N-dealkylation sites (N-methyl/N-ethyl adjacent to an activating group) is 1. The van der Waals surface area contributed by atoms with Crippen molar-refractivity contribution in [1.29, 1.82) is 0 Å². The molecule has 0 aliphatic heterocycles. The van der Waals surface area contributed by atoms with Gasteiger partial charge in [0.25, 0.3) is 0 Å². The molecule has 0 saturated carbocycles. The molecule has 3 nitrogen and oxygen atoms in total. The maximum atomic E-state index is 12.4. The number of anilines is 1. The molecule has 0 fully saturated rings. The Bertz CT molecular complexity index is 495. The Morgan fingerprint density at radius 1 is 1.24 bits per heavy atom. The average molecular weight is 300 g/mol. The van der Waals surface area contributed by atoms with E-state index in [0.29, 0.717) is 18.8 Å². The second-order valence-corrected chi connectivity index (χ2v) is 4.88. The molecule has 6 heteroatoms. The maximum Gasteiger partial charge on any atom is 0.416 e. The minimum atomic E-state index is -4.37. The fraction of sp³-hybridized carbons (Fsp3) is 0.400. The summed E-state index contributed by atoms with van der Waals surface area (Å²) >= 11 is 0. The first-order valence-electron chi connectivity index (χ1n) is 6.56. The first kappa shape index (κ1) is 17.2. The lowest BCUT2D eigenvalue weighted by atomic mass is 10.2. The van der Waals surface area contributed by atoms with Crippen molar-refractivity contribution in [3.05, 3.63) is 42.0 Å². The Morgan fingerprint density at radius 2 is 1.81 bits per heavy atom. The molecular formula is C15H19F3N2O. The molecular weight excluding hydrogens is 281 g/mol. The summed E-state index contributed by atoms with van der Waals surface area (Å²) in [7, 11) is 0. The molecule has 21 heavy (non-hydrogen) atoms. The van der Waals surface area contributed by atoms with Crippen molar-refractivity contribution in [1.82, 2.24) is 4.90 Å². The van der Waals surface area contributed by atoms with Crippen LogP contribution in [-0.4, -0.2) is 30.4 Å². The number of nitrogens with zero attached hydrogens (tertiary/aromatic N) is 1. The van der Waals surface area contributed by atoms with E-state index in [2.05, 4.69) is 11.9 Å². The lowest BCUT2D eigenvalue weighted by molar-refractivity contribution is -0.137. The number of hydrogen-bond donors (Lipinski definition) is 1. The Kier molecular flexibility index (Phi) is 5.96. The van der Waals surface area contributed by atoms with Crippen LogP contribution in [0.4, 0.5) is 18.9 Å². The topological polar surface area (TPSA) is 32.3 Å². The van der Waals surface area contributed by atoms with Gasteiger partial charge in [0.05, 0.1) is 12.1 Å². The maximum absolute atomic E-state index is 12.4. The fourth-order valence-electron chi connectivity index (χ4n) is 1.81. The second-order valence-electron chi connectivity index (χ2n) is 4.88. The third kappa shape index (κ3) is 5.99. The summed E-state index contributed by atoms with van der Waals surface area (Å²) in [4.78, 5) is 13.7. The van der Waals surface area contributed by atoms with Crippen molar-refractivity contribution in [2.24, 2.45) is 0 Å². The minimum Gasteiger partial charge on any atom is -0.325 e. The van der Waals surface area contributed by atoms with Crippen LogP contribution in [-0.2, 0) is 11.0 Å². The molecule has 0 saturated heterocycles. The van der Waals surface area contributed by atoms with Crippen LogP contribution in [0.25, 0.3) is 0 Å². The van der Waals surface area contributed by atoms with Crippen LogP contribution < -0.4 is 5.32 Å². The number of nitrogens with one attached hydrogen (secondary N) is 1. The highest BCUT2D eigenvalue weighted by Gasteiger charge is 2.29. The van der Waals surface area contributed by atoms with E-state index >= 15 is 0 Å². The van der Waals surface area contributed by atoms with Crippen LogP contribution in [0.15, 0.2) is 36.4 Å². The second kappa shape index (κ2) is 7.26. The highest BCUT2D eigenvalue weighted by molar-refractivity contribution is 5.92. The first-order valence-corrected chi connectivity index (χ1v) is 6.56. The molecule has 116 valence electrons. The molecule has 0 unspecified atom stereocenters. The van der Waals surface area contributed by atoms with Gasteiger partial charge in [0.15, 0.2) is 0 Å². The third-order valence-corrected chi connectivity index (χ3v) is 2.80. The minimum absolute atomic E-state index is 0.171. The van der Waals surface area contributed by atoms with E-state index in [4.69, 9.17) is 0 Å². The van der Waals surface area contributed by atoms with Gasteiger partial charge in [-0.3, -0.25) is 9.69 Å². The van der Waals surface area contributed by atoms with Gasteiger partial charge in [-0.25, -0.2) is 0 Å². The van der Waals surface area contributed by atoms with Crippen LogP contribution in [0.1, 0.15) is 19.4 Å². The molecule has 0 aliphatic carbocycles. The van der Waals surface area contributed by atoms with Gasteiger partial charge < -0.3 is 5.32 Å². The first-order chi connectivity index (χ1) is 9.72. The number of benzene rings is 1. The van der Waals surface area contributed by atoms with Crippen molar-refractivity contribution >= 4 is 11.6 Å². The van der Waals surface area contributed by atoms with E-state index in [1.54, 1.807) is 0 Å². The van der Waals surface area contributed by atoms with Gasteiger partial charge in [0.1, 0.15) is 0 Å². The Balaban J connectivity index is 2.60. The van der Waals surface area contributed by atoms with Crippen LogP contribution >= 0.6 is 0 Å². The quantitative estimate of drug-likeness (QED) is 0.815. The summed E-state index contributed by atoms with van der Waals surface area (Å²) in [6.45, 7) is 9.05. The molecule has 1 amide bonds. The van der Waals surface area contributed by atoms with Crippen LogP contribution in [0.3, 0.4) is 0 Å². The number of halogens is 3. The molecule has 1 rings (SSSR count). The molecule has 0 bridgehead atoms. The predicted octanol–water partition coefficient (Wildman–Crippen LogP) is 3.54. The SMILES string of the molecule is C=C(C)CN(CC)CC(=O)Nc1ccc(C(F)(F)F)cc1. The molecule has 0 heterocycles. The van der Waals surface area contributed by atoms with Crippen LogP contribution in [0.2, 0.25) is 0 Å². The summed E-state index contributed by atoms with van der Waals surface area (Å²) in [5.41, 5.74) is 0.552. The van der Waals surface area contributed by atoms with Crippen molar-refractivity contribution in [2.75, 3.05) is 25.0 Å². The molecule has 0 aromatic heterocycles. The Hall–Kier alpha value is -1.82. The number of amides is 1. The van der Waals surface area contributed by atoms with Crippen molar-refractivity contribution in [3.63, 3.8) is 0 Å². The monoisotopic (exact) mass is 300 g/mol. The van der Waals surface area contributed by atoms with Gasteiger partial charge in [-0.1, -0.05) is 19.1 Å². The molecule has 1 N–H and O–H groups in total. The number of hydrogen-bond acceptors (Lipinski definition) is 2. The molecule has 0 spiro atoms. The number of carbonyl (C=O) groups excluding carboxylic acids is 1. The lowest BCUT2D eigenvalue weighted by Crippen LogP contribution is -2.34. The van der Waals surface area contributed by atoms with Crippen LogP contribution in [0.5, 0.6) is 0 Å². The van der Waals surface area contributed by atoms with E-state index in [-0.39, 0.29) is 12.5 Å². The van der Waals surface area contributed by atoms with Gasteiger partial charge >= 0.3 is 6.18 Å². The molecule has 0 atom stereocenters. The van der Waals surface area contributed by atoms with Crippen LogP contribution in [0, 0.1) is 0 Å². The standard InChI is InChI=1S/C15H19F3N2O/c1-4-20(9-11(2)3)10-14(21)19-13-7-5-12(6-8-13)15(16,17)18/h5-8H,2,4,9-10H2,1,3H3,(H,19,21). The van der Waals surface area contributed by atoms with E-state index in [0.717, 1.165) is 17.7 Å². The summed E-state index contributed by atoms with van der Waals surface area (Å²) < 4.78 is 37.3. The zero-order chi connectivity index (χ0) is 16.0. The lowest BCUT2D eigenvalue weighted by Gasteiger charge is -2.19. The number of rotatable bonds is 6. The van der Waals surface area contributed by atoms with Gasteiger partial charge in [-0.2, -0.15) is 13.2 Å². The number of alkyl halides is 3. The van der Waals surface area contributed by atoms with E-state index in [1.165, 1.54) is 12.1 Å². The summed E-state index contributed by atoms with van der Waals surface area (Å²) in [5.74, 6) is -0.266. The average Bonchev–Trinajstić information content (AvgIpc) is 2.36. The molecule has 1 aromatic rings. The summed E-state index contributed by atoms with van der Waals surface area (Å²) in [6.07, 6.45) is -4.37. The smallest absolute Gasteiger partial charge is 0.325 e. The van der Waals surface area contributed by atoms with Gasteiger partial charge in [0, 0.05) is 12.2 Å². The van der Waals surface area contributed by atoms with Gasteiger partial charge in [0.2, 0.25) is 5.91 Å². The summed E-state index contributed by atoms with van der Waals surface area (Å²) in [6, 6.07) is 4.38. The molecule has 0 aliphatic rings. The molecule has 1 aromatic carbocycles. The zero-order valence-electron chi connectivity index (χ0n) is 12.1. The highest BCUT2D eigenvalue weighted by Crippen LogP contribution is 2.29. The number of carbonyl (C=O) groups is 1. The van der Waals surface area contributed by atoms with Crippen molar-refractivity contribution in [3.8, 4) is 0 Å². The van der Waals surface area contributed by atoms with Crippen molar-refractivity contribution < 1.29 is 18.0 Å². The van der Waals surface area contributed by atoms with Crippen molar-refractivity contribution in [2.45, 2.75) is 20.0 Å². The van der Waals surface area contributed by atoms with E-state index in [9.17, 15) is 18.0 Å². The predicted molar refractivity (Wildman–Crippen MR) is 77.0 cm³/mol. The molecule has 0 radical (unpaired) electrons. The fourth-order valence-corrected chi connectivity index (χ4v) is 1.81. The van der Waals surface area contributed by atoms with Gasteiger partial charge in [-0.05, 0) is 37.7 Å². The highest BCUT2D eigenvalue weighted by atomic mass is 19.4. The van der Waals surface area contributed by atoms with E-state index in [1.807, 2.05) is 18.7 Å². The van der Waals surface area contributed by atoms with E-state index < -0.39 is 11.7 Å². The Morgan fingerprint density at radius 3 is 2.24 bits per heavy atom. The third-order valence-electron chi connectivity index (χ3n) is 2.80. The normalized spacial score (nSPS) is 11.5. The largest absolute Gasteiger partial charge is 0.416 e. The van der Waals surface area contributed by atoms with Gasteiger partial charge in [-0.15, -0.1) is 0 Å². The Labute approximate surface area is 122 Å².